The fourth-order valence-corrected chi connectivity index (χ4v) is 0.717. The third-order valence-electron chi connectivity index (χ3n) is 1.19. The summed E-state index contributed by atoms with van der Waals surface area (Å²) in [4.78, 5) is 7.79. The second-order valence-electron chi connectivity index (χ2n) is 1.78. The Hall–Kier alpha value is -1.38. The van der Waals surface area contributed by atoms with Crippen LogP contribution in [0.25, 0.3) is 0 Å². The van der Waals surface area contributed by atoms with Crippen molar-refractivity contribution in [2.75, 3.05) is 12.4 Å². The van der Waals surface area contributed by atoms with Crippen molar-refractivity contribution < 1.29 is 0 Å². The van der Waals surface area contributed by atoms with Gasteiger partial charge in [-0.2, -0.15) is 0 Å². The van der Waals surface area contributed by atoms with Gasteiger partial charge in [0, 0.05) is 13.2 Å². The molecule has 0 aliphatic heterocycles. The number of anilines is 1. The quantitative estimate of drug-likeness (QED) is 0.683. The standard InChI is InChI=1S/C7H9N3.C2H6/c1-8-6-4-3-5-10-7(6)9-2;1-2/h3-5H,1H2,2H3,(H,9,10);1-2H3. The molecule has 0 amide bonds. The Bertz CT molecular complexity index is 233. The van der Waals surface area contributed by atoms with E-state index in [1.807, 2.05) is 26.0 Å². The molecule has 0 radical (unpaired) electrons. The van der Waals surface area contributed by atoms with Crippen LogP contribution in [0.3, 0.4) is 0 Å². The molecular formula is C9H15N3. The lowest BCUT2D eigenvalue weighted by Gasteiger charge is -1.99. The molecule has 1 N–H and O–H groups in total. The fourth-order valence-electron chi connectivity index (χ4n) is 0.717. The maximum atomic E-state index is 4.02. The second kappa shape index (κ2) is 6.34. The third kappa shape index (κ3) is 2.70. The first-order valence-corrected chi connectivity index (χ1v) is 3.98. The van der Waals surface area contributed by atoms with Gasteiger partial charge in [0.25, 0.3) is 0 Å². The summed E-state index contributed by atoms with van der Waals surface area (Å²) in [5, 5.41) is 2.90. The van der Waals surface area contributed by atoms with Gasteiger partial charge < -0.3 is 5.32 Å². The van der Waals surface area contributed by atoms with E-state index in [4.69, 9.17) is 0 Å². The zero-order valence-corrected chi connectivity index (χ0v) is 7.83. The highest BCUT2D eigenvalue weighted by Crippen LogP contribution is 2.18. The van der Waals surface area contributed by atoms with E-state index in [0.29, 0.717) is 0 Å². The van der Waals surface area contributed by atoms with Gasteiger partial charge in [-0.1, -0.05) is 13.8 Å². The lowest BCUT2D eigenvalue weighted by Crippen LogP contribution is -1.90. The molecule has 1 heterocycles. The van der Waals surface area contributed by atoms with Crippen LogP contribution in [-0.4, -0.2) is 18.7 Å². The fraction of sp³-hybridized carbons (Fsp3) is 0.333. The maximum absolute atomic E-state index is 4.02. The van der Waals surface area contributed by atoms with E-state index in [1.165, 1.54) is 0 Å². The van der Waals surface area contributed by atoms with Crippen LogP contribution in [0.5, 0.6) is 0 Å². The Balaban J connectivity index is 0.000000561. The molecule has 0 aliphatic rings. The average molecular weight is 165 g/mol. The summed E-state index contributed by atoms with van der Waals surface area (Å²) >= 11 is 0. The van der Waals surface area contributed by atoms with Crippen LogP contribution < -0.4 is 5.32 Å². The Morgan fingerprint density at radius 3 is 2.58 bits per heavy atom. The van der Waals surface area contributed by atoms with Gasteiger partial charge in [-0.25, -0.2) is 4.98 Å². The van der Waals surface area contributed by atoms with E-state index in [1.54, 1.807) is 13.2 Å². The van der Waals surface area contributed by atoms with Crippen molar-refractivity contribution in [1.82, 2.24) is 4.98 Å². The molecule has 0 fully saturated rings. The molecule has 0 bridgehead atoms. The zero-order chi connectivity index (χ0) is 9.40. The summed E-state index contributed by atoms with van der Waals surface area (Å²) in [6.45, 7) is 7.41. The Morgan fingerprint density at radius 1 is 1.50 bits per heavy atom. The van der Waals surface area contributed by atoms with E-state index in [0.717, 1.165) is 11.5 Å². The summed E-state index contributed by atoms with van der Waals surface area (Å²) in [5.41, 5.74) is 0.782. The first-order chi connectivity index (χ1) is 5.88. The van der Waals surface area contributed by atoms with Gasteiger partial charge in [-0.05, 0) is 18.9 Å². The van der Waals surface area contributed by atoms with Gasteiger partial charge in [0.2, 0.25) is 0 Å². The average Bonchev–Trinajstić information content (AvgIpc) is 2.20. The topological polar surface area (TPSA) is 37.3 Å². The largest absolute Gasteiger partial charge is 0.371 e. The van der Waals surface area contributed by atoms with Gasteiger partial charge in [0.1, 0.15) is 5.69 Å². The number of aliphatic imine (C=N–C) groups is 1. The minimum Gasteiger partial charge on any atom is -0.371 e. The minimum absolute atomic E-state index is 0.762. The smallest absolute Gasteiger partial charge is 0.151 e. The SMILES string of the molecule is C=Nc1cccnc1NC.CC. The number of nitrogens with zero attached hydrogens (tertiary/aromatic N) is 2. The molecule has 3 nitrogen and oxygen atoms in total. The van der Waals surface area contributed by atoms with Crippen LogP contribution >= 0.6 is 0 Å². The second-order valence-corrected chi connectivity index (χ2v) is 1.78. The number of hydrogen-bond acceptors (Lipinski definition) is 3. The molecule has 0 saturated heterocycles. The summed E-state index contributed by atoms with van der Waals surface area (Å²) in [6, 6.07) is 3.68. The molecule has 0 aliphatic carbocycles. The predicted molar refractivity (Wildman–Crippen MR) is 54.3 cm³/mol. The number of hydrogen-bond donors (Lipinski definition) is 1. The highest BCUT2D eigenvalue weighted by molar-refractivity contribution is 5.62. The van der Waals surface area contributed by atoms with Crippen LogP contribution in [0.15, 0.2) is 23.3 Å². The first kappa shape index (κ1) is 10.6. The summed E-state index contributed by atoms with van der Waals surface area (Å²) < 4.78 is 0. The highest BCUT2D eigenvalue weighted by Gasteiger charge is 1.94. The lowest BCUT2D eigenvalue weighted by atomic mass is 10.4. The van der Waals surface area contributed by atoms with Crippen molar-refractivity contribution in [3.05, 3.63) is 18.3 Å². The summed E-state index contributed by atoms with van der Waals surface area (Å²) in [5.74, 6) is 0.762. The Kier molecular flexibility index (Phi) is 5.61. The molecule has 0 atom stereocenters. The third-order valence-corrected chi connectivity index (χ3v) is 1.19. The molecule has 1 aromatic rings. The van der Waals surface area contributed by atoms with Gasteiger partial charge in [0.05, 0.1) is 0 Å². The molecule has 0 saturated carbocycles. The summed E-state index contributed by atoms with van der Waals surface area (Å²) in [6.07, 6.45) is 1.71. The molecule has 3 heteroatoms. The van der Waals surface area contributed by atoms with Crippen molar-refractivity contribution >= 4 is 18.2 Å². The van der Waals surface area contributed by atoms with Gasteiger partial charge in [-0.3, -0.25) is 4.99 Å². The van der Waals surface area contributed by atoms with Crippen LogP contribution in [0.2, 0.25) is 0 Å². The van der Waals surface area contributed by atoms with Gasteiger partial charge >= 0.3 is 0 Å². The number of rotatable bonds is 2. The highest BCUT2D eigenvalue weighted by atomic mass is 15.0. The molecule has 66 valence electrons. The van der Waals surface area contributed by atoms with Gasteiger partial charge in [-0.15, -0.1) is 0 Å². The van der Waals surface area contributed by atoms with Gasteiger partial charge in [0.15, 0.2) is 5.82 Å². The Labute approximate surface area is 73.6 Å². The molecule has 1 aromatic heterocycles. The monoisotopic (exact) mass is 165 g/mol. The van der Waals surface area contributed by atoms with E-state index in [2.05, 4.69) is 22.0 Å². The van der Waals surface area contributed by atoms with Crippen molar-refractivity contribution in [1.29, 1.82) is 0 Å². The molecule has 1 rings (SSSR count). The van der Waals surface area contributed by atoms with Crippen LogP contribution in [0.4, 0.5) is 11.5 Å². The van der Waals surface area contributed by atoms with Crippen LogP contribution in [0.1, 0.15) is 13.8 Å². The molecule has 0 unspecified atom stereocenters. The molecule has 0 aromatic carbocycles. The van der Waals surface area contributed by atoms with Crippen molar-refractivity contribution in [2.24, 2.45) is 4.99 Å². The first-order valence-electron chi connectivity index (χ1n) is 3.98. The van der Waals surface area contributed by atoms with Crippen molar-refractivity contribution in [3.63, 3.8) is 0 Å². The molecule has 0 spiro atoms. The van der Waals surface area contributed by atoms with Crippen molar-refractivity contribution in [3.8, 4) is 0 Å². The van der Waals surface area contributed by atoms with E-state index in [9.17, 15) is 0 Å². The summed E-state index contributed by atoms with van der Waals surface area (Å²) in [7, 11) is 1.80. The van der Waals surface area contributed by atoms with E-state index >= 15 is 0 Å². The van der Waals surface area contributed by atoms with E-state index in [-0.39, 0.29) is 0 Å². The number of aromatic nitrogens is 1. The lowest BCUT2D eigenvalue weighted by molar-refractivity contribution is 1.27. The zero-order valence-electron chi connectivity index (χ0n) is 7.83. The molecule has 12 heavy (non-hydrogen) atoms. The maximum Gasteiger partial charge on any atom is 0.151 e. The minimum atomic E-state index is 0.762. The van der Waals surface area contributed by atoms with Crippen LogP contribution in [-0.2, 0) is 0 Å². The Morgan fingerprint density at radius 2 is 2.17 bits per heavy atom. The normalized spacial score (nSPS) is 7.92. The number of pyridine rings is 1. The predicted octanol–water partition coefficient (Wildman–Crippen LogP) is 2.48. The number of nitrogens with one attached hydrogen (secondary N) is 1. The van der Waals surface area contributed by atoms with E-state index < -0.39 is 0 Å². The van der Waals surface area contributed by atoms with Crippen LogP contribution in [0, 0.1) is 0 Å². The van der Waals surface area contributed by atoms with Crippen molar-refractivity contribution in [2.45, 2.75) is 13.8 Å². The molecular weight excluding hydrogens is 150 g/mol.